The second kappa shape index (κ2) is 5.81. The van der Waals surface area contributed by atoms with Gasteiger partial charge in [0.1, 0.15) is 12.4 Å². The summed E-state index contributed by atoms with van der Waals surface area (Å²) in [6, 6.07) is 2.72. The van der Waals surface area contributed by atoms with Crippen LogP contribution in [0.1, 0.15) is 0 Å². The van der Waals surface area contributed by atoms with Crippen molar-refractivity contribution in [2.24, 2.45) is 0 Å². The van der Waals surface area contributed by atoms with E-state index >= 15 is 0 Å². The highest BCUT2D eigenvalue weighted by atomic mass is 19.4. The molecule has 0 aliphatic rings. The first-order valence-corrected chi connectivity index (χ1v) is 4.74. The first-order chi connectivity index (χ1) is 7.88. The van der Waals surface area contributed by atoms with Crippen molar-refractivity contribution in [3.63, 3.8) is 0 Å². The van der Waals surface area contributed by atoms with Crippen LogP contribution in [0.15, 0.2) is 18.2 Å². The van der Waals surface area contributed by atoms with Crippen LogP contribution in [0.5, 0.6) is 5.75 Å². The molecule has 0 radical (unpaired) electrons. The number of hydrogen-bond donors (Lipinski definition) is 1. The molecule has 0 spiro atoms. The van der Waals surface area contributed by atoms with Crippen LogP contribution < -0.4 is 10.1 Å². The summed E-state index contributed by atoms with van der Waals surface area (Å²) >= 11 is 0. The van der Waals surface area contributed by atoms with Crippen LogP contribution in [0.25, 0.3) is 0 Å². The summed E-state index contributed by atoms with van der Waals surface area (Å²) in [7, 11) is 0. The van der Waals surface area contributed by atoms with Crippen LogP contribution in [0.4, 0.5) is 22.0 Å². The maximum absolute atomic E-state index is 13.0. The van der Waals surface area contributed by atoms with Crippen molar-refractivity contribution >= 4 is 0 Å². The molecule has 0 aliphatic carbocycles. The average Bonchev–Trinajstić information content (AvgIpc) is 2.18. The van der Waals surface area contributed by atoms with Gasteiger partial charge in [0.15, 0.2) is 11.6 Å². The molecule has 0 heterocycles. The zero-order chi connectivity index (χ0) is 12.9. The highest BCUT2D eigenvalue weighted by Crippen LogP contribution is 2.17. The molecule has 1 aromatic carbocycles. The Labute approximate surface area is 94.4 Å². The van der Waals surface area contributed by atoms with E-state index in [0.29, 0.717) is 6.07 Å². The summed E-state index contributed by atoms with van der Waals surface area (Å²) in [6.07, 6.45) is -4.29. The minimum Gasteiger partial charge on any atom is -0.489 e. The van der Waals surface area contributed by atoms with Crippen molar-refractivity contribution in [1.29, 1.82) is 0 Å². The van der Waals surface area contributed by atoms with Gasteiger partial charge in [-0.25, -0.2) is 8.78 Å². The fraction of sp³-hybridized carbons (Fsp3) is 0.400. The summed E-state index contributed by atoms with van der Waals surface area (Å²) in [5.41, 5.74) is 0. The number of alkyl halides is 3. The number of ether oxygens (including phenoxy) is 1. The van der Waals surface area contributed by atoms with E-state index in [4.69, 9.17) is 4.74 Å². The van der Waals surface area contributed by atoms with Gasteiger partial charge in [-0.05, 0) is 12.1 Å². The first kappa shape index (κ1) is 13.7. The largest absolute Gasteiger partial charge is 0.489 e. The summed E-state index contributed by atoms with van der Waals surface area (Å²) < 4.78 is 65.4. The molecule has 0 atom stereocenters. The van der Waals surface area contributed by atoms with Crippen LogP contribution in [-0.4, -0.2) is 25.9 Å². The van der Waals surface area contributed by atoms with Gasteiger partial charge in [0, 0.05) is 12.6 Å². The molecule has 0 fully saturated rings. The lowest BCUT2D eigenvalue weighted by atomic mass is 10.3. The van der Waals surface area contributed by atoms with Crippen molar-refractivity contribution < 1.29 is 26.7 Å². The van der Waals surface area contributed by atoms with Gasteiger partial charge in [0.25, 0.3) is 0 Å². The highest BCUT2D eigenvalue weighted by Gasteiger charge is 2.25. The number of halogens is 5. The van der Waals surface area contributed by atoms with E-state index in [1.807, 2.05) is 0 Å². The van der Waals surface area contributed by atoms with Gasteiger partial charge in [-0.2, -0.15) is 13.2 Å². The van der Waals surface area contributed by atoms with Gasteiger partial charge in [-0.15, -0.1) is 0 Å². The smallest absolute Gasteiger partial charge is 0.401 e. The highest BCUT2D eigenvalue weighted by molar-refractivity contribution is 5.24. The summed E-state index contributed by atoms with van der Waals surface area (Å²) in [5, 5.41) is 2.08. The number of rotatable bonds is 5. The Hall–Kier alpha value is -1.37. The first-order valence-electron chi connectivity index (χ1n) is 4.74. The number of nitrogens with one attached hydrogen (secondary N) is 1. The van der Waals surface area contributed by atoms with Gasteiger partial charge in [0.05, 0.1) is 6.54 Å². The molecule has 96 valence electrons. The van der Waals surface area contributed by atoms with E-state index in [0.717, 1.165) is 12.1 Å². The van der Waals surface area contributed by atoms with Crippen molar-refractivity contribution in [3.8, 4) is 5.75 Å². The molecule has 0 amide bonds. The van der Waals surface area contributed by atoms with E-state index < -0.39 is 24.4 Å². The van der Waals surface area contributed by atoms with Crippen molar-refractivity contribution in [3.05, 3.63) is 29.8 Å². The third kappa shape index (κ3) is 5.48. The summed E-state index contributed by atoms with van der Waals surface area (Å²) in [5.74, 6) is -1.83. The minimum absolute atomic E-state index is 0.0870. The molecule has 0 aliphatic heterocycles. The van der Waals surface area contributed by atoms with Gasteiger partial charge in [0.2, 0.25) is 0 Å². The standard InChI is InChI=1S/C10H10F5NO/c11-7-1-2-9(8(12)5-7)17-4-3-16-6-10(13,14)15/h1-2,5,16H,3-4,6H2. The molecular weight excluding hydrogens is 245 g/mol. The molecule has 0 unspecified atom stereocenters. The quantitative estimate of drug-likeness (QED) is 0.644. The Morgan fingerprint density at radius 3 is 2.47 bits per heavy atom. The molecule has 1 aromatic rings. The molecule has 1 rings (SSSR count). The Morgan fingerprint density at radius 1 is 1.18 bits per heavy atom. The lowest BCUT2D eigenvalue weighted by molar-refractivity contribution is -0.124. The summed E-state index contributed by atoms with van der Waals surface area (Å²) in [6.45, 7) is -1.36. The minimum atomic E-state index is -4.29. The van der Waals surface area contributed by atoms with E-state index in [-0.39, 0.29) is 18.9 Å². The third-order valence-corrected chi connectivity index (χ3v) is 1.76. The maximum atomic E-state index is 13.0. The summed E-state index contributed by atoms with van der Waals surface area (Å²) in [4.78, 5) is 0. The zero-order valence-electron chi connectivity index (χ0n) is 8.65. The molecule has 0 aromatic heterocycles. The molecule has 0 saturated heterocycles. The lowest BCUT2D eigenvalue weighted by Crippen LogP contribution is -2.31. The number of hydrogen-bond acceptors (Lipinski definition) is 2. The Morgan fingerprint density at radius 2 is 1.88 bits per heavy atom. The zero-order valence-corrected chi connectivity index (χ0v) is 8.65. The average molecular weight is 255 g/mol. The second-order valence-corrected chi connectivity index (χ2v) is 3.22. The van der Waals surface area contributed by atoms with E-state index in [1.165, 1.54) is 0 Å². The fourth-order valence-corrected chi connectivity index (χ4v) is 1.06. The fourth-order valence-electron chi connectivity index (χ4n) is 1.06. The maximum Gasteiger partial charge on any atom is 0.401 e. The topological polar surface area (TPSA) is 21.3 Å². The Kier molecular flexibility index (Phi) is 4.68. The van der Waals surface area contributed by atoms with Crippen LogP contribution in [0.2, 0.25) is 0 Å². The second-order valence-electron chi connectivity index (χ2n) is 3.22. The van der Waals surface area contributed by atoms with E-state index in [2.05, 4.69) is 5.32 Å². The molecule has 1 N–H and O–H groups in total. The van der Waals surface area contributed by atoms with Crippen molar-refractivity contribution in [2.75, 3.05) is 19.7 Å². The predicted molar refractivity (Wildman–Crippen MR) is 50.8 cm³/mol. The van der Waals surface area contributed by atoms with Gasteiger partial charge < -0.3 is 10.1 Å². The molecule has 7 heteroatoms. The molecule has 0 bridgehead atoms. The normalized spacial score (nSPS) is 11.6. The van der Waals surface area contributed by atoms with Gasteiger partial charge in [-0.1, -0.05) is 0 Å². The molecular formula is C10H10F5NO. The Bertz CT molecular complexity index is 366. The Balaban J connectivity index is 2.27. The third-order valence-electron chi connectivity index (χ3n) is 1.76. The SMILES string of the molecule is Fc1ccc(OCCNCC(F)(F)F)c(F)c1. The van der Waals surface area contributed by atoms with Gasteiger partial charge >= 0.3 is 6.18 Å². The van der Waals surface area contributed by atoms with Crippen LogP contribution in [0.3, 0.4) is 0 Å². The van der Waals surface area contributed by atoms with Crippen LogP contribution in [0, 0.1) is 11.6 Å². The lowest BCUT2D eigenvalue weighted by Gasteiger charge is -2.09. The van der Waals surface area contributed by atoms with Crippen molar-refractivity contribution in [2.45, 2.75) is 6.18 Å². The van der Waals surface area contributed by atoms with E-state index in [9.17, 15) is 22.0 Å². The molecule has 17 heavy (non-hydrogen) atoms. The monoisotopic (exact) mass is 255 g/mol. The molecule has 2 nitrogen and oxygen atoms in total. The predicted octanol–water partition coefficient (Wildman–Crippen LogP) is 2.50. The van der Waals surface area contributed by atoms with E-state index in [1.54, 1.807) is 0 Å². The van der Waals surface area contributed by atoms with Crippen LogP contribution in [-0.2, 0) is 0 Å². The number of benzene rings is 1. The van der Waals surface area contributed by atoms with Crippen LogP contribution >= 0.6 is 0 Å². The van der Waals surface area contributed by atoms with Crippen molar-refractivity contribution in [1.82, 2.24) is 5.32 Å². The molecule has 0 saturated carbocycles. The van der Waals surface area contributed by atoms with Gasteiger partial charge in [-0.3, -0.25) is 0 Å².